The van der Waals surface area contributed by atoms with Crippen LogP contribution in [0.3, 0.4) is 0 Å². The van der Waals surface area contributed by atoms with Crippen LogP contribution >= 0.6 is 0 Å². The number of hydrogen-bond acceptors (Lipinski definition) is 2. The van der Waals surface area contributed by atoms with Gasteiger partial charge in [0, 0.05) is 5.56 Å². The minimum absolute atomic E-state index is 0.0880. The lowest BCUT2D eigenvalue weighted by molar-refractivity contribution is -0.0660. The Morgan fingerprint density at radius 1 is 0.963 bits per heavy atom. The second kappa shape index (κ2) is 7.86. The van der Waals surface area contributed by atoms with Crippen LogP contribution < -0.4 is 4.74 Å². The lowest BCUT2D eigenvalue weighted by Gasteiger charge is -2.34. The number of para-hydroxylation sites is 1. The van der Waals surface area contributed by atoms with Crippen molar-refractivity contribution in [1.82, 2.24) is 0 Å². The van der Waals surface area contributed by atoms with E-state index < -0.39 is 0 Å². The van der Waals surface area contributed by atoms with E-state index in [2.05, 4.69) is 49.2 Å². The highest BCUT2D eigenvalue weighted by molar-refractivity contribution is 5.91. The first-order valence-corrected chi connectivity index (χ1v) is 9.56. The van der Waals surface area contributed by atoms with Gasteiger partial charge in [-0.05, 0) is 60.2 Å². The van der Waals surface area contributed by atoms with Crippen molar-refractivity contribution < 1.29 is 9.47 Å². The van der Waals surface area contributed by atoms with Crippen molar-refractivity contribution in [1.29, 1.82) is 0 Å². The van der Waals surface area contributed by atoms with E-state index in [0.717, 1.165) is 29.5 Å². The molecule has 0 aliphatic carbocycles. The zero-order valence-electron chi connectivity index (χ0n) is 15.6. The zero-order chi connectivity index (χ0) is 18.6. The van der Waals surface area contributed by atoms with Crippen LogP contribution in [0.2, 0.25) is 0 Å². The van der Waals surface area contributed by atoms with Crippen molar-refractivity contribution in [2.24, 2.45) is 0 Å². The summed E-state index contributed by atoms with van der Waals surface area (Å²) >= 11 is 0. The summed E-state index contributed by atoms with van der Waals surface area (Å²) in [6, 6.07) is 22.7. The maximum absolute atomic E-state index is 6.16. The van der Waals surface area contributed by atoms with Crippen molar-refractivity contribution in [3.63, 3.8) is 0 Å². The quantitative estimate of drug-likeness (QED) is 0.571. The molecule has 1 unspecified atom stereocenters. The van der Waals surface area contributed by atoms with E-state index in [4.69, 9.17) is 15.9 Å². The molecule has 3 aromatic carbocycles. The summed E-state index contributed by atoms with van der Waals surface area (Å²) < 4.78 is 12.1. The largest absolute Gasteiger partial charge is 0.491 e. The van der Waals surface area contributed by atoms with Crippen LogP contribution in [0.15, 0.2) is 66.7 Å². The molecule has 0 bridgehead atoms. The Kier molecular flexibility index (Phi) is 5.14. The predicted octanol–water partition coefficient (Wildman–Crippen LogP) is 5.55. The first kappa shape index (κ1) is 17.6. The van der Waals surface area contributed by atoms with Gasteiger partial charge in [0.05, 0.1) is 12.2 Å². The van der Waals surface area contributed by atoms with Crippen molar-refractivity contribution in [2.75, 3.05) is 6.61 Å². The molecule has 0 amide bonds. The molecule has 0 radical (unpaired) electrons. The maximum Gasteiger partial charge on any atom is 0.119 e. The first-order chi connectivity index (χ1) is 13.2. The second-order valence-electron chi connectivity index (χ2n) is 7.25. The minimum atomic E-state index is 0.0880. The average molecular weight is 356 g/mol. The summed E-state index contributed by atoms with van der Waals surface area (Å²) in [4.78, 5) is 0. The van der Waals surface area contributed by atoms with E-state index in [-0.39, 0.29) is 12.2 Å². The van der Waals surface area contributed by atoms with Gasteiger partial charge >= 0.3 is 0 Å². The third-order valence-electron chi connectivity index (χ3n) is 5.32. The molecule has 0 saturated carbocycles. The molecule has 1 heterocycles. The van der Waals surface area contributed by atoms with E-state index in [1.54, 1.807) is 0 Å². The highest BCUT2D eigenvalue weighted by Gasteiger charge is 2.29. The van der Waals surface area contributed by atoms with E-state index in [1.165, 1.54) is 10.9 Å². The zero-order valence-corrected chi connectivity index (χ0v) is 15.6. The van der Waals surface area contributed by atoms with E-state index >= 15 is 0 Å². The first-order valence-electron chi connectivity index (χ1n) is 9.56. The molecule has 1 aliphatic heterocycles. The molecular weight excluding hydrogens is 332 g/mol. The minimum Gasteiger partial charge on any atom is -0.491 e. The lowest BCUT2D eigenvalue weighted by atomic mass is 9.83. The van der Waals surface area contributed by atoms with E-state index in [9.17, 15) is 0 Å². The summed E-state index contributed by atoms with van der Waals surface area (Å²) in [6.45, 7) is 2.73. The van der Waals surface area contributed by atoms with Crippen molar-refractivity contribution in [2.45, 2.75) is 37.9 Å². The van der Waals surface area contributed by atoms with Crippen LogP contribution in [-0.2, 0) is 4.74 Å². The highest BCUT2D eigenvalue weighted by atomic mass is 16.5. The molecule has 3 atom stereocenters. The summed E-state index contributed by atoms with van der Waals surface area (Å²) in [6.07, 6.45) is 7.96. The Bertz CT molecular complexity index is 955. The Hall–Kier alpha value is -2.76. The molecule has 136 valence electrons. The van der Waals surface area contributed by atoms with Gasteiger partial charge in [-0.15, -0.1) is 6.42 Å². The molecule has 4 rings (SSSR count). The second-order valence-corrected chi connectivity index (χ2v) is 7.25. The predicted molar refractivity (Wildman–Crippen MR) is 110 cm³/mol. The SMILES string of the molecule is C#Cc1ccc(C2C[C@H](COc3ccccc3)O[C@H](C)C2)c2ccccc12. The van der Waals surface area contributed by atoms with E-state index in [0.29, 0.717) is 12.5 Å². The molecule has 1 fully saturated rings. The Labute approximate surface area is 161 Å². The van der Waals surface area contributed by atoms with Crippen LogP contribution in [0.1, 0.15) is 36.8 Å². The fourth-order valence-electron chi connectivity index (χ4n) is 4.13. The molecule has 27 heavy (non-hydrogen) atoms. The average Bonchev–Trinajstić information content (AvgIpc) is 2.72. The molecule has 3 aromatic rings. The molecule has 1 aliphatic rings. The number of rotatable bonds is 4. The van der Waals surface area contributed by atoms with Crippen LogP contribution in [-0.4, -0.2) is 18.8 Å². The van der Waals surface area contributed by atoms with Crippen LogP contribution in [0.25, 0.3) is 10.8 Å². The summed E-state index contributed by atoms with van der Waals surface area (Å²) in [5, 5.41) is 2.42. The van der Waals surface area contributed by atoms with Gasteiger partial charge in [0.15, 0.2) is 0 Å². The number of hydrogen-bond donors (Lipinski definition) is 0. The molecule has 2 heteroatoms. The topological polar surface area (TPSA) is 18.5 Å². The third kappa shape index (κ3) is 3.84. The smallest absolute Gasteiger partial charge is 0.119 e. The number of ether oxygens (including phenoxy) is 2. The van der Waals surface area contributed by atoms with Gasteiger partial charge in [-0.2, -0.15) is 0 Å². The summed E-state index contributed by atoms with van der Waals surface area (Å²) in [7, 11) is 0. The summed E-state index contributed by atoms with van der Waals surface area (Å²) in [5.41, 5.74) is 2.32. The number of fused-ring (bicyclic) bond motifs is 1. The molecular formula is C25H24O2. The fourth-order valence-corrected chi connectivity index (χ4v) is 4.13. The molecule has 1 saturated heterocycles. The van der Waals surface area contributed by atoms with Gasteiger partial charge in [0.1, 0.15) is 12.4 Å². The van der Waals surface area contributed by atoms with Crippen LogP contribution in [0, 0.1) is 12.3 Å². The van der Waals surface area contributed by atoms with Gasteiger partial charge in [-0.3, -0.25) is 0 Å². The van der Waals surface area contributed by atoms with Crippen LogP contribution in [0.4, 0.5) is 0 Å². The van der Waals surface area contributed by atoms with Gasteiger partial charge < -0.3 is 9.47 Å². The maximum atomic E-state index is 6.16. The standard InChI is InChI=1S/C25H24O2/c1-3-19-13-14-24(25-12-8-7-11-23(19)25)20-15-18(2)27-22(16-20)17-26-21-9-5-4-6-10-21/h1,4-14,18,20,22H,15-17H2,2H3/t18-,20?,22-/m1/s1. The fraction of sp³-hybridized carbons (Fsp3) is 0.280. The molecule has 0 spiro atoms. The van der Waals surface area contributed by atoms with Crippen LogP contribution in [0.5, 0.6) is 5.75 Å². The van der Waals surface area contributed by atoms with Gasteiger partial charge in [-0.1, -0.05) is 54.5 Å². The lowest BCUT2D eigenvalue weighted by Crippen LogP contribution is -2.34. The normalized spacial score (nSPS) is 22.3. The number of benzene rings is 3. The van der Waals surface area contributed by atoms with E-state index in [1.807, 2.05) is 30.3 Å². The Morgan fingerprint density at radius 3 is 2.48 bits per heavy atom. The van der Waals surface area contributed by atoms with Gasteiger partial charge in [0.2, 0.25) is 0 Å². The highest BCUT2D eigenvalue weighted by Crippen LogP contribution is 2.37. The number of terminal acetylenes is 1. The van der Waals surface area contributed by atoms with Crippen molar-refractivity contribution >= 4 is 10.8 Å². The molecule has 0 N–H and O–H groups in total. The molecule has 2 nitrogen and oxygen atoms in total. The summed E-state index contributed by atoms with van der Waals surface area (Å²) in [5.74, 6) is 4.14. The van der Waals surface area contributed by atoms with Gasteiger partial charge in [-0.25, -0.2) is 0 Å². The third-order valence-corrected chi connectivity index (χ3v) is 5.32. The molecule has 0 aromatic heterocycles. The Balaban J connectivity index is 1.57. The van der Waals surface area contributed by atoms with Crippen molar-refractivity contribution in [3.05, 3.63) is 77.9 Å². The van der Waals surface area contributed by atoms with Gasteiger partial charge in [0.25, 0.3) is 0 Å². The Morgan fingerprint density at radius 2 is 1.70 bits per heavy atom. The van der Waals surface area contributed by atoms with Crippen molar-refractivity contribution in [3.8, 4) is 18.1 Å². The monoisotopic (exact) mass is 356 g/mol.